The van der Waals surface area contributed by atoms with Crippen LogP contribution in [0, 0.1) is 11.8 Å². The van der Waals surface area contributed by atoms with Crippen LogP contribution < -0.4 is 4.74 Å². The Hall–Kier alpha value is -3.62. The Morgan fingerprint density at radius 3 is 2.44 bits per heavy atom. The fourth-order valence-corrected chi connectivity index (χ4v) is 2.32. The lowest BCUT2D eigenvalue weighted by atomic mass is 10.1. The lowest BCUT2D eigenvalue weighted by Crippen LogP contribution is -2.15. The molecule has 11 heteroatoms. The molecule has 0 bridgehead atoms. The predicted octanol–water partition coefficient (Wildman–Crippen LogP) is 2.60. The van der Waals surface area contributed by atoms with Gasteiger partial charge in [-0.2, -0.15) is 0 Å². The molecule has 170 valence electrons. The third-order valence-electron chi connectivity index (χ3n) is 3.60. The number of aliphatic imine (C=N–C) groups is 1. The number of halogens is 3. The first-order valence-corrected chi connectivity index (χ1v) is 9.17. The van der Waals surface area contributed by atoms with E-state index in [1.807, 2.05) is 0 Å². The van der Waals surface area contributed by atoms with Crippen LogP contribution in [-0.4, -0.2) is 47.1 Å². The van der Waals surface area contributed by atoms with E-state index in [4.69, 9.17) is 9.47 Å². The summed E-state index contributed by atoms with van der Waals surface area (Å²) in [6.07, 6.45) is -4.64. The molecule has 0 amide bonds. The third kappa shape index (κ3) is 8.25. The van der Waals surface area contributed by atoms with Gasteiger partial charge in [-0.1, -0.05) is 11.8 Å². The van der Waals surface area contributed by atoms with E-state index >= 15 is 0 Å². The van der Waals surface area contributed by atoms with Crippen LogP contribution in [0.4, 0.5) is 18.9 Å². The molecule has 2 aromatic rings. The van der Waals surface area contributed by atoms with E-state index in [0.717, 1.165) is 0 Å². The van der Waals surface area contributed by atoms with Crippen LogP contribution in [0.15, 0.2) is 35.3 Å². The lowest BCUT2D eigenvalue weighted by Gasteiger charge is -2.09. The largest absolute Gasteiger partial charge is 0.573 e. The van der Waals surface area contributed by atoms with E-state index in [2.05, 4.69) is 26.6 Å². The Labute approximate surface area is 181 Å². The number of ether oxygens (including phenoxy) is 3. The molecule has 0 unspecified atom stereocenters. The van der Waals surface area contributed by atoms with Crippen molar-refractivity contribution in [2.45, 2.75) is 26.5 Å². The first-order valence-electron chi connectivity index (χ1n) is 9.17. The van der Waals surface area contributed by atoms with Crippen LogP contribution in [0.5, 0.6) is 5.75 Å². The molecule has 32 heavy (non-hydrogen) atoms. The highest BCUT2D eigenvalue weighted by Crippen LogP contribution is 2.25. The number of nitrogens with zero attached hydrogens (tertiary/aromatic N) is 2. The van der Waals surface area contributed by atoms with E-state index in [1.165, 1.54) is 30.3 Å². The van der Waals surface area contributed by atoms with Gasteiger partial charge in [-0.15, -0.1) is 13.2 Å². The average molecular weight is 452 g/mol. The third-order valence-corrected chi connectivity index (χ3v) is 3.60. The maximum atomic E-state index is 12.1. The van der Waals surface area contributed by atoms with E-state index in [9.17, 15) is 28.2 Å². The molecule has 0 atom stereocenters. The van der Waals surface area contributed by atoms with Crippen molar-refractivity contribution in [1.82, 2.24) is 4.98 Å². The van der Waals surface area contributed by atoms with Crippen LogP contribution in [0.3, 0.4) is 0 Å². The Bertz CT molecular complexity index is 1010. The SMILES string of the molecule is CCOC(=O)COc1cc(N=COC(F)(F)F)ccc1C#Cc1cc(CO)nc(CO)c1. The number of esters is 1. The first-order chi connectivity index (χ1) is 15.2. The van der Waals surface area contributed by atoms with Gasteiger partial charge in [0.25, 0.3) is 0 Å². The van der Waals surface area contributed by atoms with Crippen LogP contribution in [-0.2, 0) is 27.5 Å². The van der Waals surface area contributed by atoms with Gasteiger partial charge in [0, 0.05) is 11.6 Å². The summed E-state index contributed by atoms with van der Waals surface area (Å²) in [6, 6.07) is 7.15. The minimum atomic E-state index is -4.87. The number of carbonyl (C=O) groups is 1. The van der Waals surface area contributed by atoms with Crippen molar-refractivity contribution in [2.75, 3.05) is 13.2 Å². The maximum Gasteiger partial charge on any atom is 0.573 e. The summed E-state index contributed by atoms with van der Waals surface area (Å²) in [4.78, 5) is 19.2. The highest BCUT2D eigenvalue weighted by molar-refractivity contribution is 5.71. The minimum absolute atomic E-state index is 0.0627. The molecule has 0 spiro atoms. The number of carbonyl (C=O) groups excluding carboxylic acids is 1. The van der Waals surface area contributed by atoms with Crippen LogP contribution in [0.1, 0.15) is 29.4 Å². The molecule has 2 rings (SSSR count). The fourth-order valence-electron chi connectivity index (χ4n) is 2.32. The number of aromatic nitrogens is 1. The molecular weight excluding hydrogens is 433 g/mol. The molecule has 1 aromatic heterocycles. The lowest BCUT2D eigenvalue weighted by molar-refractivity contribution is -0.280. The second-order valence-corrected chi connectivity index (χ2v) is 5.98. The topological polar surface area (TPSA) is 110 Å². The molecule has 2 N–H and O–H groups in total. The van der Waals surface area contributed by atoms with Crippen molar-refractivity contribution in [3.63, 3.8) is 0 Å². The average Bonchev–Trinajstić information content (AvgIpc) is 2.76. The highest BCUT2D eigenvalue weighted by Gasteiger charge is 2.29. The maximum absolute atomic E-state index is 12.1. The zero-order valence-electron chi connectivity index (χ0n) is 16.8. The number of pyridine rings is 1. The van der Waals surface area contributed by atoms with Gasteiger partial charge in [0.05, 0.1) is 42.5 Å². The smallest absolute Gasteiger partial charge is 0.481 e. The quantitative estimate of drug-likeness (QED) is 0.274. The zero-order valence-corrected chi connectivity index (χ0v) is 16.8. The second-order valence-electron chi connectivity index (χ2n) is 5.98. The Kier molecular flexibility index (Phi) is 9.00. The molecule has 0 radical (unpaired) electrons. The van der Waals surface area contributed by atoms with E-state index < -0.39 is 18.9 Å². The molecule has 0 saturated heterocycles. The summed E-state index contributed by atoms with van der Waals surface area (Å²) in [6.45, 7) is 0.636. The summed E-state index contributed by atoms with van der Waals surface area (Å²) in [5.74, 6) is 5.07. The molecule has 1 heterocycles. The summed E-state index contributed by atoms with van der Waals surface area (Å²) in [5, 5.41) is 18.6. The number of benzene rings is 1. The Balaban J connectivity index is 2.34. The number of alkyl halides is 3. The molecule has 0 fully saturated rings. The molecule has 0 saturated carbocycles. The molecule has 1 aromatic carbocycles. The molecular formula is C21H19F3N2O6. The van der Waals surface area contributed by atoms with Gasteiger partial charge in [-0.05, 0) is 31.2 Å². The summed E-state index contributed by atoms with van der Waals surface area (Å²) >= 11 is 0. The normalized spacial score (nSPS) is 11.1. The summed E-state index contributed by atoms with van der Waals surface area (Å²) in [5.41, 5.74) is 1.44. The number of hydrogen-bond donors (Lipinski definition) is 2. The van der Waals surface area contributed by atoms with Gasteiger partial charge in [0.15, 0.2) is 13.0 Å². The molecule has 0 aliphatic heterocycles. The van der Waals surface area contributed by atoms with Crippen molar-refractivity contribution in [2.24, 2.45) is 4.99 Å². The Morgan fingerprint density at radius 2 is 1.84 bits per heavy atom. The molecule has 0 aliphatic rings. The second kappa shape index (κ2) is 11.7. The predicted molar refractivity (Wildman–Crippen MR) is 106 cm³/mol. The van der Waals surface area contributed by atoms with Crippen molar-refractivity contribution >= 4 is 18.1 Å². The van der Waals surface area contributed by atoms with Gasteiger partial charge >= 0.3 is 12.3 Å². The summed E-state index contributed by atoms with van der Waals surface area (Å²) in [7, 11) is 0. The van der Waals surface area contributed by atoms with Crippen molar-refractivity contribution in [3.8, 4) is 17.6 Å². The number of aliphatic hydroxyl groups is 2. The fraction of sp³-hybridized carbons (Fsp3) is 0.286. The standard InChI is InChI=1S/C21H19F3N2O6/c1-2-30-20(29)12-31-19-9-16(25-13-32-21(22,23)24)6-5-15(19)4-3-14-7-17(10-27)26-18(8-14)11-28/h5-9,13,27-28H,2,10-12H2,1H3. The number of hydrogen-bond acceptors (Lipinski definition) is 8. The summed E-state index contributed by atoms with van der Waals surface area (Å²) < 4.78 is 50.0. The van der Waals surface area contributed by atoms with Crippen LogP contribution in [0.2, 0.25) is 0 Å². The monoisotopic (exact) mass is 452 g/mol. The van der Waals surface area contributed by atoms with Crippen molar-refractivity contribution < 1.29 is 42.4 Å². The Morgan fingerprint density at radius 1 is 1.16 bits per heavy atom. The van der Waals surface area contributed by atoms with Crippen LogP contribution in [0.25, 0.3) is 0 Å². The minimum Gasteiger partial charge on any atom is -0.481 e. The van der Waals surface area contributed by atoms with Crippen molar-refractivity contribution in [1.29, 1.82) is 0 Å². The zero-order chi connectivity index (χ0) is 23.6. The molecule has 0 aliphatic carbocycles. The molecule has 8 nitrogen and oxygen atoms in total. The van der Waals surface area contributed by atoms with E-state index in [1.54, 1.807) is 6.92 Å². The van der Waals surface area contributed by atoms with Gasteiger partial charge in [0.1, 0.15) is 5.75 Å². The van der Waals surface area contributed by atoms with Crippen LogP contribution >= 0.6 is 0 Å². The first kappa shape index (κ1) is 24.6. The number of aliphatic hydroxyl groups excluding tert-OH is 2. The number of rotatable bonds is 8. The van der Waals surface area contributed by atoms with E-state index in [0.29, 0.717) is 22.5 Å². The van der Waals surface area contributed by atoms with Gasteiger partial charge in [-0.25, -0.2) is 9.79 Å². The van der Waals surface area contributed by atoms with Crippen molar-refractivity contribution in [3.05, 3.63) is 52.8 Å². The van der Waals surface area contributed by atoms with E-state index in [-0.39, 0.29) is 37.7 Å². The van der Waals surface area contributed by atoms with Gasteiger partial charge < -0.3 is 24.4 Å². The highest BCUT2D eigenvalue weighted by atomic mass is 19.4. The van der Waals surface area contributed by atoms with Gasteiger partial charge in [0.2, 0.25) is 0 Å². The van der Waals surface area contributed by atoms with Gasteiger partial charge in [-0.3, -0.25) is 4.98 Å².